The second kappa shape index (κ2) is 14.0. The molecule has 4 N–H and O–H groups in total. The van der Waals surface area contributed by atoms with Crippen molar-refractivity contribution in [3.63, 3.8) is 0 Å². The minimum Gasteiger partial charge on any atom is -0.394 e. The molecule has 18 heavy (non-hydrogen) atoms. The van der Waals surface area contributed by atoms with Gasteiger partial charge < -0.3 is 20.4 Å². The molecule has 0 bridgehead atoms. The summed E-state index contributed by atoms with van der Waals surface area (Å²) in [5, 5.41) is 35.5. The third kappa shape index (κ3) is 13.0. The molecule has 0 radical (unpaired) electrons. The molecule has 6 heteroatoms. The number of hydrogen-bond acceptors (Lipinski definition) is 6. The van der Waals surface area contributed by atoms with Gasteiger partial charge in [0.05, 0.1) is 25.4 Å². The second-order valence-corrected chi connectivity index (χ2v) is 6.54. The maximum absolute atomic E-state index is 9.11. The van der Waals surface area contributed by atoms with Crippen LogP contribution in [0.2, 0.25) is 0 Å². The van der Waals surface area contributed by atoms with Crippen molar-refractivity contribution in [2.45, 2.75) is 37.9 Å². The van der Waals surface area contributed by atoms with E-state index >= 15 is 0 Å². The zero-order chi connectivity index (χ0) is 13.6. The van der Waals surface area contributed by atoms with Crippen LogP contribution in [0.25, 0.3) is 0 Å². The third-order valence-electron chi connectivity index (χ3n) is 2.37. The van der Waals surface area contributed by atoms with Gasteiger partial charge in [0.25, 0.3) is 0 Å². The van der Waals surface area contributed by atoms with Gasteiger partial charge in [-0.25, -0.2) is 0 Å². The van der Waals surface area contributed by atoms with E-state index in [9.17, 15) is 0 Å². The van der Waals surface area contributed by atoms with Crippen LogP contribution in [0.3, 0.4) is 0 Å². The van der Waals surface area contributed by atoms with Crippen molar-refractivity contribution in [2.75, 3.05) is 36.2 Å². The Balaban J connectivity index is 3.03. The van der Waals surface area contributed by atoms with Crippen LogP contribution < -0.4 is 0 Å². The van der Waals surface area contributed by atoms with E-state index in [0.717, 1.165) is 24.3 Å². The van der Waals surface area contributed by atoms with Crippen molar-refractivity contribution in [3.05, 3.63) is 0 Å². The number of unbranched alkanes of at least 4 members (excludes halogenated alkanes) is 3. The van der Waals surface area contributed by atoms with E-state index in [2.05, 4.69) is 0 Å². The largest absolute Gasteiger partial charge is 0.394 e. The lowest BCUT2D eigenvalue weighted by molar-refractivity contribution is 0.113. The van der Waals surface area contributed by atoms with Gasteiger partial charge in [-0.3, -0.25) is 0 Å². The van der Waals surface area contributed by atoms with E-state index < -0.39 is 12.2 Å². The summed E-state index contributed by atoms with van der Waals surface area (Å²) in [4.78, 5) is 0. The average molecular weight is 298 g/mol. The van der Waals surface area contributed by atoms with Gasteiger partial charge in [-0.2, -0.15) is 23.5 Å². The van der Waals surface area contributed by atoms with Crippen LogP contribution in [0.15, 0.2) is 0 Å². The number of rotatable bonds is 13. The number of aliphatic hydroxyl groups excluding tert-OH is 4. The van der Waals surface area contributed by atoms with Crippen LogP contribution >= 0.6 is 23.5 Å². The lowest BCUT2D eigenvalue weighted by Crippen LogP contribution is -2.15. The topological polar surface area (TPSA) is 80.9 Å². The van der Waals surface area contributed by atoms with Crippen LogP contribution in [0.4, 0.5) is 0 Å². The molecule has 0 aliphatic rings. The molecule has 0 rings (SSSR count). The molecule has 0 aliphatic carbocycles. The van der Waals surface area contributed by atoms with Crippen molar-refractivity contribution in [1.29, 1.82) is 0 Å². The van der Waals surface area contributed by atoms with Crippen LogP contribution in [0, 0.1) is 0 Å². The van der Waals surface area contributed by atoms with E-state index in [1.807, 2.05) is 0 Å². The van der Waals surface area contributed by atoms with Gasteiger partial charge in [0.1, 0.15) is 0 Å². The molecule has 0 saturated carbocycles. The molecule has 0 heterocycles. The van der Waals surface area contributed by atoms with Crippen molar-refractivity contribution in [1.82, 2.24) is 0 Å². The van der Waals surface area contributed by atoms with Crippen molar-refractivity contribution in [3.8, 4) is 0 Å². The lowest BCUT2D eigenvalue weighted by atomic mass is 10.2. The first-order chi connectivity index (χ1) is 8.70. The molecule has 0 aromatic carbocycles. The lowest BCUT2D eigenvalue weighted by Gasteiger charge is -2.07. The highest BCUT2D eigenvalue weighted by Gasteiger charge is 2.02. The van der Waals surface area contributed by atoms with Crippen LogP contribution in [-0.2, 0) is 0 Å². The summed E-state index contributed by atoms with van der Waals surface area (Å²) in [6.07, 6.45) is 3.50. The van der Waals surface area contributed by atoms with Crippen LogP contribution in [-0.4, -0.2) is 68.9 Å². The van der Waals surface area contributed by atoms with Crippen molar-refractivity contribution >= 4 is 23.5 Å². The summed E-state index contributed by atoms with van der Waals surface area (Å²) in [5.41, 5.74) is 0. The molecular weight excluding hydrogens is 272 g/mol. The molecule has 2 atom stereocenters. The minimum absolute atomic E-state index is 0.149. The highest BCUT2D eigenvalue weighted by atomic mass is 32.2. The maximum atomic E-state index is 9.11. The van der Waals surface area contributed by atoms with Gasteiger partial charge >= 0.3 is 0 Å². The SMILES string of the molecule is OCC(O)CSCCCCCCSCC(O)CO. The highest BCUT2D eigenvalue weighted by Crippen LogP contribution is 2.12. The Bertz CT molecular complexity index is 154. The minimum atomic E-state index is -0.579. The summed E-state index contributed by atoms with van der Waals surface area (Å²) in [6, 6.07) is 0. The Morgan fingerprint density at radius 1 is 0.667 bits per heavy atom. The maximum Gasteiger partial charge on any atom is 0.0861 e. The van der Waals surface area contributed by atoms with E-state index in [1.54, 1.807) is 23.5 Å². The van der Waals surface area contributed by atoms with Crippen molar-refractivity contribution < 1.29 is 20.4 Å². The zero-order valence-electron chi connectivity index (χ0n) is 10.8. The Morgan fingerprint density at radius 2 is 1.06 bits per heavy atom. The second-order valence-electron chi connectivity index (χ2n) is 4.24. The molecule has 0 aliphatic heterocycles. The van der Waals surface area contributed by atoms with Gasteiger partial charge in [0.15, 0.2) is 0 Å². The molecular formula is C12H26O4S2. The van der Waals surface area contributed by atoms with Crippen LogP contribution in [0.1, 0.15) is 25.7 Å². The number of thioether (sulfide) groups is 2. The van der Waals surface area contributed by atoms with E-state index in [0.29, 0.717) is 11.5 Å². The molecule has 0 spiro atoms. The van der Waals surface area contributed by atoms with Gasteiger partial charge in [-0.1, -0.05) is 12.8 Å². The fourth-order valence-corrected chi connectivity index (χ4v) is 3.21. The predicted molar refractivity (Wildman–Crippen MR) is 79.3 cm³/mol. The molecule has 2 unspecified atom stereocenters. The summed E-state index contributed by atoms with van der Waals surface area (Å²) in [5.74, 6) is 3.30. The first kappa shape index (κ1) is 18.5. The third-order valence-corrected chi connectivity index (χ3v) is 4.76. The average Bonchev–Trinajstić information content (AvgIpc) is 2.40. The summed E-state index contributed by atoms with van der Waals surface area (Å²) >= 11 is 3.37. The van der Waals surface area contributed by atoms with Gasteiger partial charge in [0.2, 0.25) is 0 Å². The Labute approximate surface area is 118 Å². The summed E-state index contributed by atoms with van der Waals surface area (Å²) in [6.45, 7) is -0.298. The smallest absolute Gasteiger partial charge is 0.0861 e. The quantitative estimate of drug-likeness (QED) is 0.375. The van der Waals surface area contributed by atoms with E-state index in [-0.39, 0.29) is 13.2 Å². The van der Waals surface area contributed by atoms with Crippen molar-refractivity contribution in [2.24, 2.45) is 0 Å². The normalized spacial score (nSPS) is 14.7. The fourth-order valence-electron chi connectivity index (χ4n) is 1.31. The van der Waals surface area contributed by atoms with Gasteiger partial charge in [-0.05, 0) is 24.3 Å². The Morgan fingerprint density at radius 3 is 1.39 bits per heavy atom. The molecule has 0 aromatic heterocycles. The standard InChI is InChI=1S/C12H26O4S2/c13-7-11(15)9-17-5-3-1-2-4-6-18-10-12(16)8-14/h11-16H,1-10H2. The van der Waals surface area contributed by atoms with Gasteiger partial charge in [0, 0.05) is 11.5 Å². The monoisotopic (exact) mass is 298 g/mol. The molecule has 0 aromatic rings. The molecule has 0 saturated heterocycles. The zero-order valence-corrected chi connectivity index (χ0v) is 12.5. The Kier molecular flexibility index (Phi) is 14.4. The van der Waals surface area contributed by atoms with Crippen LogP contribution in [0.5, 0.6) is 0 Å². The fraction of sp³-hybridized carbons (Fsp3) is 1.00. The molecule has 0 amide bonds. The van der Waals surface area contributed by atoms with E-state index in [4.69, 9.17) is 20.4 Å². The number of aliphatic hydroxyl groups is 4. The first-order valence-electron chi connectivity index (χ1n) is 6.44. The molecule has 110 valence electrons. The van der Waals surface area contributed by atoms with E-state index in [1.165, 1.54) is 12.8 Å². The molecule has 0 fully saturated rings. The van der Waals surface area contributed by atoms with Gasteiger partial charge in [-0.15, -0.1) is 0 Å². The predicted octanol–water partition coefficient (Wildman–Crippen LogP) is 0.720. The first-order valence-corrected chi connectivity index (χ1v) is 8.75. The summed E-state index contributed by atoms with van der Waals surface area (Å²) in [7, 11) is 0. The summed E-state index contributed by atoms with van der Waals surface area (Å²) < 4.78 is 0. The highest BCUT2D eigenvalue weighted by molar-refractivity contribution is 7.99. The number of hydrogen-bond donors (Lipinski definition) is 4. The molecule has 4 nitrogen and oxygen atoms in total. The Hall–Kier alpha value is 0.540.